The van der Waals surface area contributed by atoms with Crippen LogP contribution in [0.25, 0.3) is 21.9 Å². The highest BCUT2D eigenvalue weighted by atomic mass is 15.2. The minimum absolute atomic E-state index is 0.0963. The zero-order valence-electron chi connectivity index (χ0n) is 27.9. The molecule has 0 saturated heterocycles. The summed E-state index contributed by atoms with van der Waals surface area (Å²) in [7, 11) is 0. The van der Waals surface area contributed by atoms with Gasteiger partial charge in [0, 0.05) is 27.6 Å². The Labute approximate surface area is 283 Å². The van der Waals surface area contributed by atoms with Gasteiger partial charge in [-0.2, -0.15) is 0 Å². The van der Waals surface area contributed by atoms with Gasteiger partial charge in [0.1, 0.15) is 0 Å². The molecule has 0 fully saturated rings. The predicted molar refractivity (Wildman–Crippen MR) is 203 cm³/mol. The van der Waals surface area contributed by atoms with Gasteiger partial charge in [-0.05, 0) is 81.2 Å². The molecule has 0 aliphatic carbocycles. The fourth-order valence-electron chi connectivity index (χ4n) is 8.30. The average Bonchev–Trinajstić information content (AvgIpc) is 3.12. The van der Waals surface area contributed by atoms with Gasteiger partial charge in [-0.1, -0.05) is 143 Å². The van der Waals surface area contributed by atoms with Crippen molar-refractivity contribution in [3.05, 3.63) is 180 Å². The molecule has 0 atom stereocenters. The Morgan fingerprint density at radius 1 is 0.438 bits per heavy atom. The minimum atomic E-state index is -0.216. The van der Waals surface area contributed by atoms with Crippen LogP contribution in [0.4, 0.5) is 34.1 Å². The molecule has 0 bridgehead atoms. The molecule has 0 saturated carbocycles. The zero-order chi connectivity index (χ0) is 32.6. The lowest BCUT2D eigenvalue weighted by molar-refractivity contribution is 0.597. The third kappa shape index (κ3) is 4.12. The smallest absolute Gasteiger partial charge is 0.0543 e. The molecular weight excluding hydrogens is 581 g/mol. The van der Waals surface area contributed by atoms with E-state index in [1.54, 1.807) is 0 Å². The molecule has 0 N–H and O–H groups in total. The molecule has 48 heavy (non-hydrogen) atoms. The molecule has 0 unspecified atom stereocenters. The topological polar surface area (TPSA) is 6.48 Å². The van der Waals surface area contributed by atoms with Crippen molar-refractivity contribution in [1.82, 2.24) is 0 Å². The quantitative estimate of drug-likeness (QED) is 0.194. The van der Waals surface area contributed by atoms with Crippen LogP contribution in [0.1, 0.15) is 49.9 Å². The summed E-state index contributed by atoms with van der Waals surface area (Å²) in [6, 6.07) is 58.0. The predicted octanol–water partition coefficient (Wildman–Crippen LogP) is 12.7. The molecule has 0 amide bonds. The second-order valence-electron chi connectivity index (χ2n) is 14.3. The Hall–Kier alpha value is -5.60. The van der Waals surface area contributed by atoms with Crippen LogP contribution in [0, 0.1) is 0 Å². The van der Waals surface area contributed by atoms with Crippen LogP contribution >= 0.6 is 0 Å². The van der Waals surface area contributed by atoms with Gasteiger partial charge in [0.2, 0.25) is 0 Å². The Balaban J connectivity index is 1.29. The van der Waals surface area contributed by atoms with Gasteiger partial charge in [-0.15, -0.1) is 0 Å². The standard InChI is InChI=1S/C46H38N2/c1-45(2)37-22-10-11-25-42(37)48-43-28-27-35(30-40(43)46(3,4)39-24-14-23-38(45)44(39)48)47(41-26-13-18-32-17-8-9-21-36(32)41)34-20-12-19-33(29-34)31-15-6-5-7-16-31/h5-30H,1-4H3. The van der Waals surface area contributed by atoms with Crippen molar-refractivity contribution in [2.75, 3.05) is 9.80 Å². The van der Waals surface area contributed by atoms with E-state index in [-0.39, 0.29) is 10.8 Å². The first-order valence-corrected chi connectivity index (χ1v) is 17.0. The SMILES string of the molecule is CC1(C)c2ccccc2N2c3ccc(N(c4cccc(-c5ccccc5)c4)c4cccc5ccccc45)cc3C(C)(C)c3cccc1c32. The number of nitrogens with zero attached hydrogens (tertiary/aromatic N) is 2. The van der Waals surface area contributed by atoms with Crippen molar-refractivity contribution in [3.8, 4) is 11.1 Å². The maximum atomic E-state index is 2.54. The second kappa shape index (κ2) is 10.5. The van der Waals surface area contributed by atoms with Crippen LogP contribution in [-0.2, 0) is 10.8 Å². The van der Waals surface area contributed by atoms with Crippen LogP contribution < -0.4 is 9.80 Å². The van der Waals surface area contributed by atoms with E-state index in [2.05, 4.69) is 195 Å². The van der Waals surface area contributed by atoms with Crippen molar-refractivity contribution in [1.29, 1.82) is 0 Å². The number of hydrogen-bond donors (Lipinski definition) is 0. The van der Waals surface area contributed by atoms with Gasteiger partial charge >= 0.3 is 0 Å². The lowest BCUT2D eigenvalue weighted by atomic mass is 9.66. The lowest BCUT2D eigenvalue weighted by Crippen LogP contribution is -2.38. The third-order valence-electron chi connectivity index (χ3n) is 10.8. The van der Waals surface area contributed by atoms with Crippen molar-refractivity contribution in [2.24, 2.45) is 0 Å². The van der Waals surface area contributed by atoms with E-state index < -0.39 is 0 Å². The molecule has 9 rings (SSSR count). The van der Waals surface area contributed by atoms with Gasteiger partial charge in [0.05, 0.1) is 22.7 Å². The second-order valence-corrected chi connectivity index (χ2v) is 14.3. The van der Waals surface area contributed by atoms with Crippen LogP contribution in [0.15, 0.2) is 158 Å². The van der Waals surface area contributed by atoms with Gasteiger partial charge in [-0.3, -0.25) is 0 Å². The number of hydrogen-bond acceptors (Lipinski definition) is 2. The molecule has 2 aliphatic heterocycles. The van der Waals surface area contributed by atoms with E-state index in [0.29, 0.717) is 0 Å². The largest absolute Gasteiger partial charge is 0.310 e. The van der Waals surface area contributed by atoms with Crippen LogP contribution in [0.5, 0.6) is 0 Å². The molecular formula is C46H38N2. The monoisotopic (exact) mass is 618 g/mol. The van der Waals surface area contributed by atoms with Crippen molar-refractivity contribution >= 4 is 44.9 Å². The summed E-state index contributed by atoms with van der Waals surface area (Å²) in [6.45, 7) is 9.54. The van der Waals surface area contributed by atoms with E-state index in [0.717, 1.165) is 11.4 Å². The molecule has 232 valence electrons. The minimum Gasteiger partial charge on any atom is -0.310 e. The summed E-state index contributed by atoms with van der Waals surface area (Å²) in [5.41, 5.74) is 14.8. The molecule has 7 aromatic rings. The fraction of sp³-hybridized carbons (Fsp3) is 0.130. The van der Waals surface area contributed by atoms with Crippen molar-refractivity contribution in [3.63, 3.8) is 0 Å². The average molecular weight is 619 g/mol. The van der Waals surface area contributed by atoms with Gasteiger partial charge in [0.15, 0.2) is 0 Å². The van der Waals surface area contributed by atoms with E-state index in [4.69, 9.17) is 0 Å². The number of rotatable bonds is 4. The zero-order valence-corrected chi connectivity index (χ0v) is 27.9. The number of para-hydroxylation sites is 2. The molecule has 2 heteroatoms. The van der Waals surface area contributed by atoms with Gasteiger partial charge < -0.3 is 9.80 Å². The molecule has 0 aromatic heterocycles. The number of anilines is 6. The molecule has 2 aliphatic rings. The summed E-state index contributed by atoms with van der Waals surface area (Å²) in [5, 5.41) is 2.45. The Morgan fingerprint density at radius 2 is 1.02 bits per heavy atom. The lowest BCUT2D eigenvalue weighted by Gasteiger charge is -2.49. The Bertz CT molecular complexity index is 2360. The van der Waals surface area contributed by atoms with Gasteiger partial charge in [-0.25, -0.2) is 0 Å². The van der Waals surface area contributed by atoms with E-state index in [1.165, 1.54) is 66.9 Å². The maximum Gasteiger partial charge on any atom is 0.0543 e. The first-order valence-electron chi connectivity index (χ1n) is 17.0. The molecule has 2 heterocycles. The summed E-state index contributed by atoms with van der Waals surface area (Å²) >= 11 is 0. The van der Waals surface area contributed by atoms with E-state index in [9.17, 15) is 0 Å². The summed E-state index contributed by atoms with van der Waals surface area (Å²) < 4.78 is 0. The molecule has 0 spiro atoms. The first-order chi connectivity index (χ1) is 23.3. The highest BCUT2D eigenvalue weighted by molar-refractivity contribution is 6.00. The Morgan fingerprint density at radius 3 is 1.85 bits per heavy atom. The van der Waals surface area contributed by atoms with Crippen LogP contribution in [0.2, 0.25) is 0 Å². The summed E-state index contributed by atoms with van der Waals surface area (Å²) in [6.07, 6.45) is 0. The summed E-state index contributed by atoms with van der Waals surface area (Å²) in [5.74, 6) is 0. The molecule has 0 radical (unpaired) electrons. The normalized spacial score (nSPS) is 15.0. The Kier molecular flexibility index (Phi) is 6.23. The fourth-order valence-corrected chi connectivity index (χ4v) is 8.30. The highest BCUT2D eigenvalue weighted by Gasteiger charge is 2.45. The number of benzene rings is 7. The van der Waals surface area contributed by atoms with E-state index >= 15 is 0 Å². The first kappa shape index (κ1) is 28.6. The van der Waals surface area contributed by atoms with Crippen molar-refractivity contribution in [2.45, 2.75) is 38.5 Å². The van der Waals surface area contributed by atoms with E-state index in [1.807, 2.05) is 0 Å². The van der Waals surface area contributed by atoms with Crippen LogP contribution in [-0.4, -0.2) is 0 Å². The molecule has 2 nitrogen and oxygen atoms in total. The summed E-state index contributed by atoms with van der Waals surface area (Å²) in [4.78, 5) is 4.98. The highest BCUT2D eigenvalue weighted by Crippen LogP contribution is 2.60. The molecule has 7 aromatic carbocycles. The third-order valence-corrected chi connectivity index (χ3v) is 10.8. The van der Waals surface area contributed by atoms with Crippen LogP contribution in [0.3, 0.4) is 0 Å². The van der Waals surface area contributed by atoms with Gasteiger partial charge in [0.25, 0.3) is 0 Å². The number of fused-ring (bicyclic) bond motifs is 5. The van der Waals surface area contributed by atoms with Crippen molar-refractivity contribution < 1.29 is 0 Å². The maximum absolute atomic E-state index is 2.54.